The van der Waals surface area contributed by atoms with Gasteiger partial charge in [0.05, 0.1) is 6.61 Å². The lowest BCUT2D eigenvalue weighted by atomic mass is 10.1. The van der Waals surface area contributed by atoms with E-state index in [9.17, 15) is 4.79 Å². The fourth-order valence-corrected chi connectivity index (χ4v) is 1.21. The van der Waals surface area contributed by atoms with Gasteiger partial charge < -0.3 is 10.1 Å². The minimum atomic E-state index is -0.203. The topological polar surface area (TPSA) is 38.3 Å². The molecule has 0 heterocycles. The number of unbranched alkanes of at least 4 members (excludes halogenated alkanes) is 1. The summed E-state index contributed by atoms with van der Waals surface area (Å²) in [5.74, 6) is -0.203. The number of esters is 1. The van der Waals surface area contributed by atoms with Gasteiger partial charge >= 0.3 is 5.97 Å². The van der Waals surface area contributed by atoms with Crippen LogP contribution in [0.1, 0.15) is 47.5 Å². The van der Waals surface area contributed by atoms with Crippen LogP contribution in [-0.2, 0) is 9.53 Å². The van der Waals surface area contributed by atoms with E-state index >= 15 is 0 Å². The molecule has 0 radical (unpaired) electrons. The van der Waals surface area contributed by atoms with Crippen LogP contribution in [0.4, 0.5) is 0 Å². The second-order valence-corrected chi connectivity index (χ2v) is 4.93. The van der Waals surface area contributed by atoms with E-state index < -0.39 is 0 Å². The molecule has 3 heteroatoms. The zero-order chi connectivity index (χ0) is 12.6. The normalized spacial score (nSPS) is 12.7. The van der Waals surface area contributed by atoms with Crippen molar-refractivity contribution in [3.63, 3.8) is 0 Å². The molecule has 0 aliphatic rings. The van der Waals surface area contributed by atoms with Crippen molar-refractivity contribution in [2.24, 2.45) is 0 Å². The monoisotopic (exact) mass is 227 g/mol. The maximum Gasteiger partial charge on any atom is 0.333 e. The molecule has 0 saturated carbocycles. The molecule has 94 valence electrons. The van der Waals surface area contributed by atoms with Crippen molar-refractivity contribution >= 4 is 5.97 Å². The second-order valence-electron chi connectivity index (χ2n) is 4.93. The van der Waals surface area contributed by atoms with Crippen molar-refractivity contribution in [3.8, 4) is 0 Å². The van der Waals surface area contributed by atoms with E-state index in [1.807, 2.05) is 13.0 Å². The predicted molar refractivity (Wildman–Crippen MR) is 67.4 cm³/mol. The summed E-state index contributed by atoms with van der Waals surface area (Å²) in [6, 6.07) is 0. The van der Waals surface area contributed by atoms with Crippen LogP contribution < -0.4 is 5.32 Å². The fraction of sp³-hybridized carbons (Fsp3) is 0.769. The van der Waals surface area contributed by atoms with Crippen LogP contribution in [-0.4, -0.2) is 24.7 Å². The van der Waals surface area contributed by atoms with E-state index in [2.05, 4.69) is 26.1 Å². The number of ether oxygens (including phenoxy) is 1. The van der Waals surface area contributed by atoms with Crippen molar-refractivity contribution in [2.75, 3.05) is 13.2 Å². The summed E-state index contributed by atoms with van der Waals surface area (Å²) >= 11 is 0. The molecule has 0 amide bonds. The van der Waals surface area contributed by atoms with Crippen LogP contribution in [0.2, 0.25) is 0 Å². The first-order valence-electron chi connectivity index (χ1n) is 5.95. The molecule has 1 N–H and O–H groups in total. The quantitative estimate of drug-likeness (QED) is 0.431. The first kappa shape index (κ1) is 15.2. The maximum atomic E-state index is 11.3. The lowest BCUT2D eigenvalue weighted by Crippen LogP contribution is -2.36. The van der Waals surface area contributed by atoms with Crippen molar-refractivity contribution in [3.05, 3.63) is 11.6 Å². The Bertz CT molecular complexity index is 239. The van der Waals surface area contributed by atoms with Crippen LogP contribution in [0.3, 0.4) is 0 Å². The van der Waals surface area contributed by atoms with Crippen LogP contribution in [0.15, 0.2) is 11.6 Å². The number of allylic oxidation sites excluding steroid dienone is 1. The largest absolute Gasteiger partial charge is 0.463 e. The Balaban J connectivity index is 3.71. The molecule has 0 saturated heterocycles. The second kappa shape index (κ2) is 7.44. The lowest BCUT2D eigenvalue weighted by molar-refractivity contribution is -0.138. The third-order valence-electron chi connectivity index (χ3n) is 2.08. The van der Waals surface area contributed by atoms with E-state index in [0.717, 1.165) is 19.4 Å². The summed E-state index contributed by atoms with van der Waals surface area (Å²) < 4.78 is 4.89. The van der Waals surface area contributed by atoms with Gasteiger partial charge in [-0.1, -0.05) is 6.08 Å². The molecule has 0 aromatic heterocycles. The highest BCUT2D eigenvalue weighted by Gasteiger charge is 2.07. The number of carbonyl (C=O) groups is 1. The van der Waals surface area contributed by atoms with Crippen LogP contribution >= 0.6 is 0 Å². The first-order chi connectivity index (χ1) is 7.37. The molecule has 3 nitrogen and oxygen atoms in total. The molecule has 0 spiro atoms. The third kappa shape index (κ3) is 8.48. The number of hydrogen-bond acceptors (Lipinski definition) is 3. The lowest BCUT2D eigenvalue weighted by Gasteiger charge is -2.20. The van der Waals surface area contributed by atoms with Crippen molar-refractivity contribution < 1.29 is 9.53 Å². The molecule has 0 rings (SSSR count). The molecule has 0 bridgehead atoms. The molecular formula is C13H25NO2. The summed E-state index contributed by atoms with van der Waals surface area (Å²) in [4.78, 5) is 11.3. The van der Waals surface area contributed by atoms with Crippen molar-refractivity contribution in [1.82, 2.24) is 5.32 Å². The van der Waals surface area contributed by atoms with Gasteiger partial charge in [-0.05, 0) is 54.0 Å². The Kier molecular flexibility index (Phi) is 7.06. The summed E-state index contributed by atoms with van der Waals surface area (Å²) in [5, 5.41) is 3.40. The van der Waals surface area contributed by atoms with E-state index in [0.29, 0.717) is 12.2 Å². The highest BCUT2D eigenvalue weighted by molar-refractivity contribution is 5.87. The highest BCUT2D eigenvalue weighted by Crippen LogP contribution is 2.03. The predicted octanol–water partition coefficient (Wildman–Crippen LogP) is 2.66. The Morgan fingerprint density at radius 1 is 1.38 bits per heavy atom. The number of rotatable bonds is 6. The SMILES string of the molecule is CCOC(=O)C(C)=CCCCNC(C)(C)C. The molecule has 0 aromatic carbocycles. The van der Waals surface area contributed by atoms with Crippen LogP contribution in [0.25, 0.3) is 0 Å². The number of nitrogens with one attached hydrogen (secondary N) is 1. The summed E-state index contributed by atoms with van der Waals surface area (Å²) in [6.45, 7) is 11.5. The first-order valence-corrected chi connectivity index (χ1v) is 5.95. The minimum absolute atomic E-state index is 0.167. The molecular weight excluding hydrogens is 202 g/mol. The average molecular weight is 227 g/mol. The fourth-order valence-electron chi connectivity index (χ4n) is 1.21. The molecule has 0 fully saturated rings. The van der Waals surface area contributed by atoms with E-state index in [1.54, 1.807) is 6.92 Å². The van der Waals surface area contributed by atoms with Gasteiger partial charge in [0.1, 0.15) is 0 Å². The van der Waals surface area contributed by atoms with E-state index in [1.165, 1.54) is 0 Å². The molecule has 0 unspecified atom stereocenters. The highest BCUT2D eigenvalue weighted by atomic mass is 16.5. The Morgan fingerprint density at radius 2 is 2.00 bits per heavy atom. The molecule has 0 aliphatic heterocycles. The van der Waals surface area contributed by atoms with Crippen LogP contribution in [0.5, 0.6) is 0 Å². The van der Waals surface area contributed by atoms with Gasteiger partial charge in [0, 0.05) is 11.1 Å². The van der Waals surface area contributed by atoms with E-state index in [-0.39, 0.29) is 11.5 Å². The summed E-state index contributed by atoms with van der Waals surface area (Å²) in [7, 11) is 0. The molecule has 16 heavy (non-hydrogen) atoms. The Morgan fingerprint density at radius 3 is 2.50 bits per heavy atom. The number of hydrogen-bond donors (Lipinski definition) is 1. The van der Waals surface area contributed by atoms with Gasteiger partial charge in [0.25, 0.3) is 0 Å². The van der Waals surface area contributed by atoms with Gasteiger partial charge in [0.15, 0.2) is 0 Å². The zero-order valence-corrected chi connectivity index (χ0v) is 11.2. The van der Waals surface area contributed by atoms with E-state index in [4.69, 9.17) is 4.74 Å². The third-order valence-corrected chi connectivity index (χ3v) is 2.08. The van der Waals surface area contributed by atoms with Gasteiger partial charge in [-0.2, -0.15) is 0 Å². The van der Waals surface area contributed by atoms with Gasteiger partial charge in [-0.25, -0.2) is 4.79 Å². The average Bonchev–Trinajstić information content (AvgIpc) is 2.15. The molecule has 0 aliphatic carbocycles. The minimum Gasteiger partial charge on any atom is -0.463 e. The van der Waals surface area contributed by atoms with Gasteiger partial charge in [-0.3, -0.25) is 0 Å². The summed E-state index contributed by atoms with van der Waals surface area (Å²) in [6.07, 6.45) is 3.89. The smallest absolute Gasteiger partial charge is 0.333 e. The standard InChI is InChI=1S/C13H25NO2/c1-6-16-12(15)11(2)9-7-8-10-14-13(3,4)5/h9,14H,6-8,10H2,1-5H3. The van der Waals surface area contributed by atoms with Crippen molar-refractivity contribution in [2.45, 2.75) is 53.0 Å². The molecule has 0 atom stereocenters. The van der Waals surface area contributed by atoms with Gasteiger partial charge in [-0.15, -0.1) is 0 Å². The number of carbonyl (C=O) groups excluding carboxylic acids is 1. The van der Waals surface area contributed by atoms with Crippen LogP contribution in [0, 0.1) is 0 Å². The van der Waals surface area contributed by atoms with Gasteiger partial charge in [0.2, 0.25) is 0 Å². The zero-order valence-electron chi connectivity index (χ0n) is 11.2. The Hall–Kier alpha value is -0.830. The maximum absolute atomic E-state index is 11.3. The molecule has 0 aromatic rings. The summed E-state index contributed by atoms with van der Waals surface area (Å²) in [5.41, 5.74) is 0.873. The van der Waals surface area contributed by atoms with Crippen molar-refractivity contribution in [1.29, 1.82) is 0 Å². The Labute approximate surface area is 99.3 Å².